The Morgan fingerprint density at radius 3 is 2.35 bits per heavy atom. The van der Waals surface area contributed by atoms with Crippen molar-refractivity contribution in [2.45, 2.75) is 22.3 Å². The fourth-order valence-electron chi connectivity index (χ4n) is 3.56. The fraction of sp³-hybridized carbons (Fsp3) is 0.125. The molecule has 34 heavy (non-hydrogen) atoms. The van der Waals surface area contributed by atoms with Gasteiger partial charge >= 0.3 is 6.03 Å². The summed E-state index contributed by atoms with van der Waals surface area (Å²) in [4.78, 5) is 51.4. The number of anilines is 1. The number of nitrogens with zero attached hydrogens (tertiary/aromatic N) is 2. The molecular weight excluding hydrogens is 456 g/mol. The first-order valence-electron chi connectivity index (χ1n) is 10.3. The highest BCUT2D eigenvalue weighted by molar-refractivity contribution is 7.99. The minimum atomic E-state index is -1.44. The number of para-hydroxylation sites is 1. The molecule has 1 saturated heterocycles. The molecule has 4 rings (SSSR count). The van der Waals surface area contributed by atoms with Crippen LogP contribution in [0.2, 0.25) is 0 Å². The van der Waals surface area contributed by atoms with Gasteiger partial charge in [-0.05, 0) is 48.9 Å². The van der Waals surface area contributed by atoms with Crippen LogP contribution in [0.5, 0.6) is 0 Å². The van der Waals surface area contributed by atoms with Gasteiger partial charge in [0.2, 0.25) is 5.91 Å². The van der Waals surface area contributed by atoms with E-state index in [1.165, 1.54) is 43.0 Å². The van der Waals surface area contributed by atoms with Gasteiger partial charge in [-0.2, -0.15) is 0 Å². The van der Waals surface area contributed by atoms with Gasteiger partial charge < -0.3 is 10.6 Å². The molecule has 2 N–H and O–H groups in total. The van der Waals surface area contributed by atoms with Crippen molar-refractivity contribution in [3.63, 3.8) is 0 Å². The molecular formula is C24H20N4O5S. The summed E-state index contributed by atoms with van der Waals surface area (Å²) in [6.07, 6.45) is 0. The molecule has 3 aromatic rings. The number of non-ortho nitro benzene ring substituents is 1. The molecule has 172 valence electrons. The highest BCUT2D eigenvalue weighted by Crippen LogP contribution is 2.33. The van der Waals surface area contributed by atoms with E-state index >= 15 is 0 Å². The predicted molar refractivity (Wildman–Crippen MR) is 126 cm³/mol. The summed E-state index contributed by atoms with van der Waals surface area (Å²) in [5.41, 5.74) is -0.629. The quantitative estimate of drug-likeness (QED) is 0.300. The number of benzene rings is 3. The Balaban J connectivity index is 1.47. The van der Waals surface area contributed by atoms with Crippen molar-refractivity contribution in [2.75, 3.05) is 11.9 Å². The first-order chi connectivity index (χ1) is 16.3. The Morgan fingerprint density at radius 1 is 1.03 bits per heavy atom. The third-order valence-electron chi connectivity index (χ3n) is 5.36. The molecule has 1 atom stereocenters. The number of nitro benzene ring substituents is 1. The normalized spacial score (nSPS) is 17.4. The first kappa shape index (κ1) is 23.0. The average Bonchev–Trinajstić information content (AvgIpc) is 3.05. The van der Waals surface area contributed by atoms with Crippen LogP contribution in [0.4, 0.5) is 16.2 Å². The van der Waals surface area contributed by atoms with Crippen molar-refractivity contribution in [1.29, 1.82) is 0 Å². The fourth-order valence-corrected chi connectivity index (χ4v) is 4.48. The number of amides is 4. The monoisotopic (exact) mass is 476 g/mol. The summed E-state index contributed by atoms with van der Waals surface area (Å²) in [6.45, 7) is 1.02. The number of hydrogen-bond acceptors (Lipinski definition) is 6. The second kappa shape index (κ2) is 9.36. The van der Waals surface area contributed by atoms with Crippen LogP contribution < -0.4 is 10.6 Å². The number of nitro groups is 1. The zero-order valence-corrected chi connectivity index (χ0v) is 18.9. The van der Waals surface area contributed by atoms with Crippen LogP contribution in [0, 0.1) is 10.1 Å². The number of carbonyl (C=O) groups excluding carboxylic acids is 3. The average molecular weight is 477 g/mol. The molecule has 0 aliphatic carbocycles. The smallest absolute Gasteiger partial charge is 0.323 e. The van der Waals surface area contributed by atoms with Gasteiger partial charge in [0.05, 0.1) is 10.6 Å². The van der Waals surface area contributed by atoms with Gasteiger partial charge in [-0.25, -0.2) is 4.79 Å². The van der Waals surface area contributed by atoms with E-state index in [2.05, 4.69) is 10.6 Å². The first-order valence-corrected chi connectivity index (χ1v) is 11.1. The number of rotatable bonds is 7. The van der Waals surface area contributed by atoms with Crippen LogP contribution in [0.25, 0.3) is 0 Å². The van der Waals surface area contributed by atoms with Crippen LogP contribution in [0.15, 0.2) is 88.7 Å². The topological polar surface area (TPSA) is 122 Å². The van der Waals surface area contributed by atoms with E-state index in [-0.39, 0.29) is 5.69 Å². The summed E-state index contributed by atoms with van der Waals surface area (Å²) in [5.74, 6) is -1.15. The van der Waals surface area contributed by atoms with Crippen molar-refractivity contribution in [3.8, 4) is 0 Å². The molecule has 0 spiro atoms. The molecule has 0 unspecified atom stereocenters. The molecule has 1 fully saturated rings. The molecule has 1 aliphatic rings. The lowest BCUT2D eigenvalue weighted by Gasteiger charge is -2.22. The summed E-state index contributed by atoms with van der Waals surface area (Å²) in [7, 11) is 0. The second-order valence-electron chi connectivity index (χ2n) is 7.71. The summed E-state index contributed by atoms with van der Waals surface area (Å²) in [6, 6.07) is 21.5. The maximum atomic E-state index is 13.1. The minimum absolute atomic E-state index is 0.132. The third kappa shape index (κ3) is 4.62. The molecule has 3 aromatic carbocycles. The number of hydrogen-bond donors (Lipinski definition) is 2. The zero-order chi connectivity index (χ0) is 24.3. The van der Waals surface area contributed by atoms with Crippen molar-refractivity contribution in [3.05, 3.63) is 94.5 Å². The minimum Gasteiger partial charge on any atom is -0.323 e. The van der Waals surface area contributed by atoms with E-state index in [1.807, 2.05) is 42.5 Å². The van der Waals surface area contributed by atoms with Gasteiger partial charge in [0.1, 0.15) is 12.1 Å². The molecule has 0 radical (unpaired) electrons. The maximum Gasteiger partial charge on any atom is 0.325 e. The van der Waals surface area contributed by atoms with Crippen molar-refractivity contribution in [2.24, 2.45) is 0 Å². The number of imide groups is 1. The largest absolute Gasteiger partial charge is 0.325 e. The predicted octanol–water partition coefficient (Wildman–Crippen LogP) is 4.15. The lowest BCUT2D eigenvalue weighted by molar-refractivity contribution is -0.384. The van der Waals surface area contributed by atoms with Crippen molar-refractivity contribution >= 4 is 41.0 Å². The molecule has 9 nitrogen and oxygen atoms in total. The van der Waals surface area contributed by atoms with Gasteiger partial charge in [-0.3, -0.25) is 24.6 Å². The van der Waals surface area contributed by atoms with Crippen LogP contribution in [0.3, 0.4) is 0 Å². The highest BCUT2D eigenvalue weighted by atomic mass is 32.2. The Labute approximate surface area is 199 Å². The van der Waals surface area contributed by atoms with E-state index in [0.29, 0.717) is 11.3 Å². The second-order valence-corrected chi connectivity index (χ2v) is 8.83. The van der Waals surface area contributed by atoms with E-state index < -0.39 is 34.9 Å². The van der Waals surface area contributed by atoms with Crippen LogP contribution in [0.1, 0.15) is 12.5 Å². The van der Waals surface area contributed by atoms with Crippen LogP contribution >= 0.6 is 11.8 Å². The number of urea groups is 1. The maximum absolute atomic E-state index is 13.1. The van der Waals surface area contributed by atoms with Crippen LogP contribution in [-0.4, -0.2) is 34.2 Å². The van der Waals surface area contributed by atoms with Crippen LogP contribution in [-0.2, 0) is 15.1 Å². The van der Waals surface area contributed by atoms with Crippen molar-refractivity contribution < 1.29 is 19.3 Å². The molecule has 0 aromatic heterocycles. The van der Waals surface area contributed by atoms with E-state index in [0.717, 1.165) is 14.7 Å². The van der Waals surface area contributed by atoms with Gasteiger partial charge in [-0.1, -0.05) is 42.1 Å². The Hall–Kier alpha value is -4.18. The standard InChI is InChI=1S/C24H20N4O5S/c1-24(16-11-13-17(14-12-16)28(32)33)22(30)27(23(31)26-24)15-21(29)25-19-9-5-6-10-20(19)34-18-7-3-2-4-8-18/h2-14H,15H2,1H3,(H,25,29)(H,26,31)/t24-/m0/s1. The zero-order valence-electron chi connectivity index (χ0n) is 18.1. The van der Waals surface area contributed by atoms with E-state index in [4.69, 9.17) is 0 Å². The Morgan fingerprint density at radius 2 is 1.68 bits per heavy atom. The van der Waals surface area contributed by atoms with Gasteiger partial charge in [-0.15, -0.1) is 0 Å². The van der Waals surface area contributed by atoms with Gasteiger partial charge in [0.15, 0.2) is 0 Å². The Bertz CT molecular complexity index is 1270. The highest BCUT2D eigenvalue weighted by Gasteiger charge is 2.49. The molecule has 1 aliphatic heterocycles. The van der Waals surface area contributed by atoms with Crippen molar-refractivity contribution in [1.82, 2.24) is 10.2 Å². The molecule has 4 amide bonds. The summed E-state index contributed by atoms with van der Waals surface area (Å²) < 4.78 is 0. The lowest BCUT2D eigenvalue weighted by Crippen LogP contribution is -2.42. The molecule has 0 saturated carbocycles. The summed E-state index contributed by atoms with van der Waals surface area (Å²) in [5, 5.41) is 16.3. The SMILES string of the molecule is C[C@@]1(c2ccc([N+](=O)[O-])cc2)NC(=O)N(CC(=O)Nc2ccccc2Sc2ccccc2)C1=O. The molecule has 1 heterocycles. The third-order valence-corrected chi connectivity index (χ3v) is 6.45. The molecule has 0 bridgehead atoms. The van der Waals surface area contributed by atoms with E-state index in [9.17, 15) is 24.5 Å². The lowest BCUT2D eigenvalue weighted by atomic mass is 9.92. The van der Waals surface area contributed by atoms with Gasteiger partial charge in [0.25, 0.3) is 11.6 Å². The van der Waals surface area contributed by atoms with Gasteiger partial charge in [0, 0.05) is 21.9 Å². The Kier molecular flexibility index (Phi) is 6.33. The number of nitrogens with one attached hydrogen (secondary N) is 2. The number of carbonyl (C=O) groups is 3. The summed E-state index contributed by atoms with van der Waals surface area (Å²) >= 11 is 1.48. The molecule has 10 heteroatoms. The van der Waals surface area contributed by atoms with E-state index in [1.54, 1.807) is 12.1 Å².